The summed E-state index contributed by atoms with van der Waals surface area (Å²) < 4.78 is 0.986. The summed E-state index contributed by atoms with van der Waals surface area (Å²) in [6.45, 7) is 0. The fourth-order valence-electron chi connectivity index (χ4n) is 1.41. The number of aldehydes is 1. The predicted molar refractivity (Wildman–Crippen MR) is 60.7 cm³/mol. The van der Waals surface area contributed by atoms with Crippen LogP contribution in [0.5, 0.6) is 5.75 Å². The Morgan fingerprint density at radius 2 is 2.36 bits per heavy atom. The molecule has 0 amide bonds. The minimum Gasteiger partial charge on any atom is -0.507 e. The summed E-state index contributed by atoms with van der Waals surface area (Å²) in [6, 6.07) is 3.39. The molecule has 1 heterocycles. The highest BCUT2D eigenvalue weighted by atomic mass is 32.2. The van der Waals surface area contributed by atoms with Crippen molar-refractivity contribution in [3.05, 3.63) is 23.1 Å². The molecule has 0 aliphatic heterocycles. The van der Waals surface area contributed by atoms with Crippen LogP contribution in [0.2, 0.25) is 0 Å². The maximum atomic E-state index is 10.8. The molecule has 1 N–H and O–H groups in total. The van der Waals surface area contributed by atoms with Gasteiger partial charge in [-0.05, 0) is 23.8 Å². The van der Waals surface area contributed by atoms with E-state index < -0.39 is 0 Å². The predicted octanol–water partition coefficient (Wildman–Crippen LogP) is 3.14. The van der Waals surface area contributed by atoms with Crippen molar-refractivity contribution in [3.63, 3.8) is 0 Å². The van der Waals surface area contributed by atoms with Gasteiger partial charge in [-0.25, -0.2) is 0 Å². The standard InChI is InChI=1S/C10H8O2S2/c1-13-9-6(5-11)4-8(12)7-2-3-14-10(7)9/h2-5,12H,1H3. The lowest BCUT2D eigenvalue weighted by Gasteiger charge is -2.04. The first kappa shape index (κ1) is 9.55. The van der Waals surface area contributed by atoms with Gasteiger partial charge in [-0.3, -0.25) is 4.79 Å². The summed E-state index contributed by atoms with van der Waals surface area (Å²) in [5, 5.41) is 12.4. The van der Waals surface area contributed by atoms with E-state index in [9.17, 15) is 9.90 Å². The number of thiophene rings is 1. The van der Waals surface area contributed by atoms with Gasteiger partial charge in [0.15, 0.2) is 6.29 Å². The van der Waals surface area contributed by atoms with E-state index in [0.717, 1.165) is 21.3 Å². The normalized spacial score (nSPS) is 10.6. The van der Waals surface area contributed by atoms with Gasteiger partial charge >= 0.3 is 0 Å². The number of thioether (sulfide) groups is 1. The average Bonchev–Trinajstić information content (AvgIpc) is 2.66. The Hall–Kier alpha value is -1.000. The molecule has 4 heteroatoms. The Balaban J connectivity index is 2.88. The molecule has 2 aromatic rings. The van der Waals surface area contributed by atoms with Gasteiger partial charge in [-0.15, -0.1) is 23.1 Å². The van der Waals surface area contributed by atoms with Crippen LogP contribution in [0.25, 0.3) is 10.1 Å². The molecule has 0 aliphatic carbocycles. The third-order valence-electron chi connectivity index (χ3n) is 2.03. The third-order valence-corrected chi connectivity index (χ3v) is 3.94. The first-order valence-electron chi connectivity index (χ1n) is 4.00. The molecule has 0 spiro atoms. The number of fused-ring (bicyclic) bond motifs is 1. The Kier molecular flexibility index (Phi) is 2.48. The van der Waals surface area contributed by atoms with E-state index in [1.54, 1.807) is 11.3 Å². The van der Waals surface area contributed by atoms with E-state index in [1.807, 2.05) is 17.7 Å². The quantitative estimate of drug-likeness (QED) is 0.629. The number of carbonyl (C=O) groups excluding carboxylic acids is 1. The maximum absolute atomic E-state index is 10.8. The van der Waals surface area contributed by atoms with Crippen LogP contribution in [-0.2, 0) is 0 Å². The van der Waals surface area contributed by atoms with Crippen molar-refractivity contribution in [3.8, 4) is 5.75 Å². The number of hydrogen-bond acceptors (Lipinski definition) is 4. The molecule has 0 fully saturated rings. The second-order valence-corrected chi connectivity index (χ2v) is 4.53. The first-order chi connectivity index (χ1) is 6.77. The second-order valence-electron chi connectivity index (χ2n) is 2.80. The molecule has 14 heavy (non-hydrogen) atoms. The van der Waals surface area contributed by atoms with Gasteiger partial charge < -0.3 is 5.11 Å². The monoisotopic (exact) mass is 224 g/mol. The number of rotatable bonds is 2. The maximum Gasteiger partial charge on any atom is 0.151 e. The average molecular weight is 224 g/mol. The van der Waals surface area contributed by atoms with Crippen LogP contribution in [0.3, 0.4) is 0 Å². The summed E-state index contributed by atoms with van der Waals surface area (Å²) in [4.78, 5) is 11.7. The minimum absolute atomic E-state index is 0.182. The van der Waals surface area contributed by atoms with Crippen molar-refractivity contribution < 1.29 is 9.90 Å². The lowest BCUT2D eigenvalue weighted by molar-refractivity contribution is 0.112. The Labute approximate surface area is 89.6 Å². The van der Waals surface area contributed by atoms with E-state index in [1.165, 1.54) is 17.8 Å². The van der Waals surface area contributed by atoms with Gasteiger partial charge in [-0.2, -0.15) is 0 Å². The Morgan fingerprint density at radius 1 is 1.57 bits per heavy atom. The molecule has 0 radical (unpaired) electrons. The smallest absolute Gasteiger partial charge is 0.151 e. The van der Waals surface area contributed by atoms with Crippen molar-refractivity contribution in [2.24, 2.45) is 0 Å². The molecule has 0 bridgehead atoms. The molecular weight excluding hydrogens is 216 g/mol. The zero-order valence-corrected chi connectivity index (χ0v) is 9.11. The number of phenols is 1. The highest BCUT2D eigenvalue weighted by Crippen LogP contribution is 2.38. The number of carbonyl (C=O) groups is 1. The summed E-state index contributed by atoms with van der Waals surface area (Å²) in [5.74, 6) is 0.182. The lowest BCUT2D eigenvalue weighted by atomic mass is 10.2. The molecule has 0 atom stereocenters. The molecule has 0 unspecified atom stereocenters. The molecule has 1 aromatic carbocycles. The number of phenolic OH excluding ortho intramolecular Hbond substituents is 1. The van der Waals surface area contributed by atoms with E-state index in [2.05, 4.69) is 0 Å². The van der Waals surface area contributed by atoms with Crippen LogP contribution in [-0.4, -0.2) is 17.6 Å². The lowest BCUT2D eigenvalue weighted by Crippen LogP contribution is -1.84. The first-order valence-corrected chi connectivity index (χ1v) is 6.10. The third kappa shape index (κ3) is 1.31. The molecule has 72 valence electrons. The number of aromatic hydroxyl groups is 1. The van der Waals surface area contributed by atoms with Crippen LogP contribution in [0.15, 0.2) is 22.4 Å². The van der Waals surface area contributed by atoms with Crippen molar-refractivity contribution in [2.45, 2.75) is 4.90 Å². The Bertz CT molecular complexity index is 488. The summed E-state index contributed by atoms with van der Waals surface area (Å²) >= 11 is 3.07. The van der Waals surface area contributed by atoms with E-state index in [0.29, 0.717) is 5.56 Å². The van der Waals surface area contributed by atoms with Crippen molar-refractivity contribution in [1.29, 1.82) is 0 Å². The fourth-order valence-corrected chi connectivity index (χ4v) is 3.30. The summed E-state index contributed by atoms with van der Waals surface area (Å²) in [5.41, 5.74) is 0.560. The molecule has 2 rings (SSSR count). The van der Waals surface area contributed by atoms with Crippen molar-refractivity contribution in [2.75, 3.05) is 6.26 Å². The van der Waals surface area contributed by atoms with Crippen LogP contribution in [0, 0.1) is 0 Å². The summed E-state index contributed by atoms with van der Waals surface area (Å²) in [6.07, 6.45) is 2.71. The van der Waals surface area contributed by atoms with Crippen LogP contribution in [0.1, 0.15) is 10.4 Å². The van der Waals surface area contributed by atoms with Gasteiger partial charge in [0.2, 0.25) is 0 Å². The second kappa shape index (κ2) is 3.63. The van der Waals surface area contributed by atoms with Crippen LogP contribution < -0.4 is 0 Å². The highest BCUT2D eigenvalue weighted by Gasteiger charge is 2.11. The van der Waals surface area contributed by atoms with Gasteiger partial charge in [-0.1, -0.05) is 0 Å². The molecule has 0 saturated carbocycles. The topological polar surface area (TPSA) is 37.3 Å². The zero-order chi connectivity index (χ0) is 10.1. The molecule has 0 aliphatic rings. The van der Waals surface area contributed by atoms with Crippen molar-refractivity contribution >= 4 is 39.5 Å². The SMILES string of the molecule is CSc1c(C=O)cc(O)c2ccsc12. The molecule has 2 nitrogen and oxygen atoms in total. The van der Waals surface area contributed by atoms with Gasteiger partial charge in [0, 0.05) is 15.8 Å². The van der Waals surface area contributed by atoms with Gasteiger partial charge in [0.05, 0.1) is 4.70 Å². The van der Waals surface area contributed by atoms with Gasteiger partial charge in [0.1, 0.15) is 5.75 Å². The van der Waals surface area contributed by atoms with Gasteiger partial charge in [0.25, 0.3) is 0 Å². The molecular formula is C10H8O2S2. The molecule has 0 saturated heterocycles. The largest absolute Gasteiger partial charge is 0.507 e. The van der Waals surface area contributed by atoms with E-state index in [-0.39, 0.29) is 5.75 Å². The van der Waals surface area contributed by atoms with E-state index >= 15 is 0 Å². The molecule has 1 aromatic heterocycles. The van der Waals surface area contributed by atoms with Crippen LogP contribution >= 0.6 is 23.1 Å². The number of benzene rings is 1. The minimum atomic E-state index is 0.182. The van der Waals surface area contributed by atoms with Crippen LogP contribution in [0.4, 0.5) is 0 Å². The van der Waals surface area contributed by atoms with Crippen molar-refractivity contribution in [1.82, 2.24) is 0 Å². The summed E-state index contributed by atoms with van der Waals surface area (Å²) in [7, 11) is 0. The highest BCUT2D eigenvalue weighted by molar-refractivity contribution is 7.99. The number of hydrogen-bond donors (Lipinski definition) is 1. The zero-order valence-electron chi connectivity index (χ0n) is 7.48. The van der Waals surface area contributed by atoms with E-state index in [4.69, 9.17) is 0 Å². The Morgan fingerprint density at radius 3 is 3.00 bits per heavy atom. The fraction of sp³-hybridized carbons (Fsp3) is 0.100.